The van der Waals surface area contributed by atoms with Crippen LogP contribution in [-0.4, -0.2) is 285 Å². The van der Waals surface area contributed by atoms with Crippen molar-refractivity contribution in [2.75, 3.05) is 168 Å². The maximum absolute atomic E-state index is 12.8. The summed E-state index contributed by atoms with van der Waals surface area (Å²) in [6.07, 6.45) is 6.87. The number of rotatable bonds is 49. The minimum absolute atomic E-state index is 0.0106. The topological polar surface area (TPSA) is 436 Å². The van der Waals surface area contributed by atoms with Gasteiger partial charge in [0.05, 0.1) is 141 Å². The minimum Gasteiger partial charge on any atom is -0.498 e. The standard InChI is InChI=1S/C26H30O12.C21H24O9.C12H22N4O6.C12H15N3O6/c1-5-31-9-13-35-23(27)19-17-21(25(29)37-15-11-33-7-3)22(26(30)38-16-12-34-8-4)18-20(19)24(28)36-14-10-32-6-2;1-4-25-7-10-28-19(22)16-13-17(20(23)29-11-8-26-5-2)15-18(14-16)21(24)30-12-9-27-6-3;1-19-5-13-9-10(15(7-21-3)11(13)17)16(8-22-4)12(18)14(9)6-20-2;16-10-13(1-7-4-19-7)11(17)15(3-9-6-21-9)12(18)14(10)2-8-5-20-8/h5-8,17-18H,1-4,9-16H2;4-6,13-15H,1-3,7-12H2;9-10H,5-8H2,1-4H3;7-9H,1-6H2. The Hall–Kier alpha value is -11.8. The molecule has 3 unspecified atom stereocenters. The third-order valence-electron chi connectivity index (χ3n) is 14.9. The zero-order chi connectivity index (χ0) is 81.2. The predicted octanol–water partition coefficient (Wildman–Crippen LogP) is 2.49. The molecule has 8 rings (SSSR count). The summed E-state index contributed by atoms with van der Waals surface area (Å²) < 4.78 is 109. The van der Waals surface area contributed by atoms with Crippen molar-refractivity contribution in [3.63, 3.8) is 0 Å². The van der Waals surface area contributed by atoms with Gasteiger partial charge in [0.15, 0.2) is 12.3 Å². The fraction of sp³-hybridized carbons (Fsp3) is 0.465. The number of epoxide rings is 3. The van der Waals surface area contributed by atoms with Crippen molar-refractivity contribution in [3.8, 4) is 0 Å². The van der Waals surface area contributed by atoms with Crippen LogP contribution in [0.5, 0.6) is 0 Å². The molecule has 608 valence electrons. The van der Waals surface area contributed by atoms with Crippen molar-refractivity contribution < 1.29 is 143 Å². The first-order chi connectivity index (χ1) is 53.7. The van der Waals surface area contributed by atoms with Crippen molar-refractivity contribution in [2.45, 2.75) is 50.3 Å². The highest BCUT2D eigenvalue weighted by atomic mass is 16.6. The number of amides is 4. The largest absolute Gasteiger partial charge is 0.498 e. The minimum atomic E-state index is -0.990. The predicted molar refractivity (Wildman–Crippen MR) is 380 cm³/mol. The Balaban J connectivity index is 0.000000271. The molecule has 0 spiro atoms. The average Bonchev–Trinajstić information content (AvgIpc) is 1.57. The number of nitrogens with zero attached hydrogens (tertiary/aromatic N) is 7. The van der Waals surface area contributed by atoms with Crippen LogP contribution in [0.3, 0.4) is 0 Å². The van der Waals surface area contributed by atoms with Crippen LogP contribution in [0, 0.1) is 0 Å². The van der Waals surface area contributed by atoms with Crippen molar-refractivity contribution in [3.05, 3.63) is 191 Å². The molecule has 40 heteroatoms. The summed E-state index contributed by atoms with van der Waals surface area (Å²) in [6, 6.07) is 5.20. The van der Waals surface area contributed by atoms with E-state index in [1.54, 1.807) is 0 Å². The van der Waals surface area contributed by atoms with Gasteiger partial charge in [-0.1, -0.05) is 46.1 Å². The molecular formula is C71H91N7O33. The Labute approximate surface area is 636 Å². The molecule has 4 amide bonds. The molecule has 5 aliphatic heterocycles. The molecule has 0 radical (unpaired) electrons. The number of aromatic nitrogens is 3. The molecule has 2 aromatic carbocycles. The van der Waals surface area contributed by atoms with E-state index >= 15 is 0 Å². The fourth-order valence-corrected chi connectivity index (χ4v) is 9.81. The van der Waals surface area contributed by atoms with E-state index in [0.29, 0.717) is 19.8 Å². The van der Waals surface area contributed by atoms with Crippen molar-refractivity contribution in [1.82, 2.24) is 33.3 Å². The van der Waals surface area contributed by atoms with E-state index in [4.69, 9.17) is 99.5 Å². The molecule has 6 heterocycles. The zero-order valence-electron chi connectivity index (χ0n) is 61.8. The maximum Gasteiger partial charge on any atom is 0.339 e. The number of carbonyl (C=O) groups excluding carboxylic acids is 9. The van der Waals surface area contributed by atoms with Gasteiger partial charge in [-0.3, -0.25) is 19.6 Å². The number of ether oxygens (including phenoxy) is 21. The second-order valence-corrected chi connectivity index (χ2v) is 22.4. The van der Waals surface area contributed by atoms with E-state index in [9.17, 15) is 57.5 Å². The first kappa shape index (κ1) is 89.8. The van der Waals surface area contributed by atoms with Gasteiger partial charge in [-0.05, 0) is 30.3 Å². The van der Waals surface area contributed by atoms with Crippen LogP contribution in [0.2, 0.25) is 0 Å². The Morgan fingerprint density at radius 1 is 0.324 bits per heavy atom. The molecule has 1 aromatic heterocycles. The molecule has 40 nitrogen and oxygen atoms in total. The van der Waals surface area contributed by atoms with Crippen molar-refractivity contribution in [2.24, 2.45) is 0 Å². The number of carbonyl (C=O) groups is 9. The Bertz CT molecular complexity index is 3410. The van der Waals surface area contributed by atoms with Gasteiger partial charge in [-0.15, -0.1) is 0 Å². The van der Waals surface area contributed by atoms with Crippen LogP contribution in [0.25, 0.3) is 0 Å². The normalized spacial score (nSPS) is 16.4. The van der Waals surface area contributed by atoms with E-state index in [0.717, 1.165) is 50.9 Å². The van der Waals surface area contributed by atoms with Gasteiger partial charge in [-0.2, -0.15) is 0 Å². The van der Waals surface area contributed by atoms with Gasteiger partial charge in [-0.25, -0.2) is 71.2 Å². The SMILES string of the molecule is C=COCCOC(=O)c1cc(C(=O)OCCOC=C)c(C(=O)OCCOC=C)cc1C(=O)OCCOC=C.C=COCCOC(=O)c1cc(C(=O)OCCOC=C)cc(C(=O)OCCOC=C)c1.COCN1C(=O)N(COC)C2C1N(COC)C(=O)N2COC.O=c1n(CC2CO2)c(=O)n(CC2CO2)c(=O)n1CC1CO1. The van der Waals surface area contributed by atoms with E-state index in [2.05, 4.69) is 46.1 Å². The van der Waals surface area contributed by atoms with E-state index in [-0.39, 0.29) is 208 Å². The lowest BCUT2D eigenvalue weighted by Crippen LogP contribution is -2.55. The highest BCUT2D eigenvalue weighted by molar-refractivity contribution is 6.10. The molecule has 0 aliphatic carbocycles. The smallest absolute Gasteiger partial charge is 0.339 e. The van der Waals surface area contributed by atoms with Crippen molar-refractivity contribution >= 4 is 53.8 Å². The Morgan fingerprint density at radius 3 is 0.685 bits per heavy atom. The molecule has 5 aliphatic rings. The first-order valence-electron chi connectivity index (χ1n) is 33.7. The first-order valence-corrected chi connectivity index (χ1v) is 33.7. The van der Waals surface area contributed by atoms with Crippen molar-refractivity contribution in [1.29, 1.82) is 0 Å². The van der Waals surface area contributed by atoms with Crippen LogP contribution in [0.1, 0.15) is 72.5 Å². The molecule has 5 fully saturated rings. The molecular weight excluding hydrogens is 1480 g/mol. The third kappa shape index (κ3) is 28.3. The molecule has 5 saturated heterocycles. The van der Waals surface area contributed by atoms with E-state index in [1.807, 2.05) is 0 Å². The molecule has 3 aromatic rings. The summed E-state index contributed by atoms with van der Waals surface area (Å²) in [4.78, 5) is 156. The molecule has 3 atom stereocenters. The number of benzene rings is 2. The lowest BCUT2D eigenvalue weighted by atomic mass is 9.98. The van der Waals surface area contributed by atoms with Crippen LogP contribution in [0.4, 0.5) is 9.59 Å². The van der Waals surface area contributed by atoms with Gasteiger partial charge in [0.25, 0.3) is 0 Å². The number of hydrogen-bond donors (Lipinski definition) is 0. The van der Waals surface area contributed by atoms with Gasteiger partial charge < -0.3 is 99.5 Å². The molecule has 0 N–H and O–H groups in total. The fourth-order valence-electron chi connectivity index (χ4n) is 9.81. The van der Waals surface area contributed by atoms with Crippen LogP contribution in [-0.2, 0) is 119 Å². The number of fused-ring (bicyclic) bond motifs is 1. The number of methoxy groups -OCH3 is 4. The van der Waals surface area contributed by atoms with E-state index < -0.39 is 71.2 Å². The van der Waals surface area contributed by atoms with Crippen LogP contribution >= 0.6 is 0 Å². The molecule has 111 heavy (non-hydrogen) atoms. The monoisotopic (exact) mass is 1570 g/mol. The number of urea groups is 2. The number of esters is 7. The lowest BCUT2D eigenvalue weighted by Gasteiger charge is -2.28. The van der Waals surface area contributed by atoms with Gasteiger partial charge >= 0.3 is 70.9 Å². The average molecular weight is 1570 g/mol. The molecule has 0 bridgehead atoms. The summed E-state index contributed by atoms with van der Waals surface area (Å²) in [6.45, 7) is 25.4. The Morgan fingerprint density at radius 2 is 0.514 bits per heavy atom. The summed E-state index contributed by atoms with van der Waals surface area (Å²) in [5, 5.41) is 0. The lowest BCUT2D eigenvalue weighted by molar-refractivity contribution is -0.0135. The number of hydrogen-bond acceptors (Lipinski definition) is 33. The molecule has 0 saturated carbocycles. The van der Waals surface area contributed by atoms with Crippen LogP contribution in [0.15, 0.2) is 135 Å². The third-order valence-corrected chi connectivity index (χ3v) is 14.9. The van der Waals surface area contributed by atoms with Gasteiger partial charge in [0.1, 0.15) is 119 Å². The van der Waals surface area contributed by atoms with Gasteiger partial charge in [0, 0.05) is 28.4 Å². The quantitative estimate of drug-likeness (QED) is 0.0257. The highest BCUT2D eigenvalue weighted by Crippen LogP contribution is 2.35. The van der Waals surface area contributed by atoms with Gasteiger partial charge in [0.2, 0.25) is 0 Å². The van der Waals surface area contributed by atoms with E-state index in [1.165, 1.54) is 85.0 Å². The summed E-state index contributed by atoms with van der Waals surface area (Å²) >= 11 is 0. The second-order valence-electron chi connectivity index (χ2n) is 22.4. The summed E-state index contributed by atoms with van der Waals surface area (Å²) in [5.41, 5.74) is -3.31. The Kier molecular flexibility index (Phi) is 39.3. The second kappa shape index (κ2) is 48.6. The highest BCUT2D eigenvalue weighted by Gasteiger charge is 2.59. The zero-order valence-corrected chi connectivity index (χ0v) is 61.8. The summed E-state index contributed by atoms with van der Waals surface area (Å²) in [7, 11) is 5.97. The maximum atomic E-state index is 12.8. The summed E-state index contributed by atoms with van der Waals surface area (Å²) in [5.74, 6) is -6.22. The van der Waals surface area contributed by atoms with Crippen LogP contribution < -0.4 is 17.1 Å².